The highest BCUT2D eigenvalue weighted by atomic mass is 35.5. The van der Waals surface area contributed by atoms with Crippen molar-refractivity contribution in [3.8, 4) is 17.2 Å². The maximum absolute atomic E-state index is 13.6. The van der Waals surface area contributed by atoms with Crippen LogP contribution in [-0.4, -0.2) is 67.8 Å². The molecule has 0 unspecified atom stereocenters. The summed E-state index contributed by atoms with van der Waals surface area (Å²) in [7, 11) is 0. The maximum atomic E-state index is 13.6. The van der Waals surface area contributed by atoms with Gasteiger partial charge in [-0.3, -0.25) is 9.80 Å². The standard InChI is InChI=1S/C29H29ClFN5O3/c1-2-39-29(38)35-15-12-34(13-16-35)14-17-36(28(37)33-24-8-11-27(31)26(30)19-24)25-9-6-22(7-10-25)23-5-3-4-21(18-23)20-32/h3-11,18-19H,2,12-17H2,1H3,(H,33,37). The Morgan fingerprint density at radius 1 is 1.05 bits per heavy atom. The highest BCUT2D eigenvalue weighted by Gasteiger charge is 2.24. The predicted octanol–water partition coefficient (Wildman–Crippen LogP) is 5.83. The zero-order chi connectivity index (χ0) is 27.8. The van der Waals surface area contributed by atoms with Gasteiger partial charge in [-0.15, -0.1) is 0 Å². The minimum atomic E-state index is -0.565. The Hall–Kier alpha value is -4.13. The summed E-state index contributed by atoms with van der Waals surface area (Å²) in [6, 6.07) is 20.6. The average molecular weight is 550 g/mol. The Labute approximate surface area is 232 Å². The van der Waals surface area contributed by atoms with Crippen LogP contribution >= 0.6 is 11.6 Å². The molecule has 202 valence electrons. The van der Waals surface area contributed by atoms with Gasteiger partial charge < -0.3 is 15.0 Å². The highest BCUT2D eigenvalue weighted by Crippen LogP contribution is 2.25. The van der Waals surface area contributed by atoms with Gasteiger partial charge in [0.15, 0.2) is 0 Å². The van der Waals surface area contributed by atoms with Crippen molar-refractivity contribution in [3.63, 3.8) is 0 Å². The summed E-state index contributed by atoms with van der Waals surface area (Å²) in [5.41, 5.74) is 3.43. The molecule has 4 rings (SSSR count). The van der Waals surface area contributed by atoms with Crippen molar-refractivity contribution in [1.82, 2.24) is 9.80 Å². The number of amides is 3. The summed E-state index contributed by atoms with van der Waals surface area (Å²) in [5.74, 6) is -0.565. The number of benzene rings is 3. The summed E-state index contributed by atoms with van der Waals surface area (Å²) >= 11 is 5.90. The van der Waals surface area contributed by atoms with E-state index in [1.54, 1.807) is 22.8 Å². The lowest BCUT2D eigenvalue weighted by Crippen LogP contribution is -2.51. The molecule has 1 fully saturated rings. The van der Waals surface area contributed by atoms with Gasteiger partial charge in [0.2, 0.25) is 0 Å². The van der Waals surface area contributed by atoms with Gasteiger partial charge in [-0.25, -0.2) is 14.0 Å². The van der Waals surface area contributed by atoms with E-state index in [9.17, 15) is 19.2 Å². The number of ether oxygens (including phenoxy) is 1. The first-order valence-electron chi connectivity index (χ1n) is 12.7. The van der Waals surface area contributed by atoms with Crippen LogP contribution in [0.4, 0.5) is 25.4 Å². The number of hydrogen-bond donors (Lipinski definition) is 1. The second-order valence-corrected chi connectivity index (χ2v) is 9.38. The van der Waals surface area contributed by atoms with E-state index < -0.39 is 5.82 Å². The third-order valence-corrected chi connectivity index (χ3v) is 6.75. The molecule has 0 radical (unpaired) electrons. The number of halogens is 2. The van der Waals surface area contributed by atoms with Crippen molar-refractivity contribution >= 4 is 35.1 Å². The van der Waals surface area contributed by atoms with Gasteiger partial charge in [-0.05, 0) is 60.5 Å². The second kappa shape index (κ2) is 13.1. The zero-order valence-corrected chi connectivity index (χ0v) is 22.3. The summed E-state index contributed by atoms with van der Waals surface area (Å²) in [6.45, 7) is 5.51. The van der Waals surface area contributed by atoms with Gasteiger partial charge in [0.05, 0.1) is 23.3 Å². The van der Waals surface area contributed by atoms with Gasteiger partial charge >= 0.3 is 12.1 Å². The summed E-state index contributed by atoms with van der Waals surface area (Å²) in [4.78, 5) is 30.9. The van der Waals surface area contributed by atoms with Crippen LogP contribution in [0, 0.1) is 17.1 Å². The fourth-order valence-electron chi connectivity index (χ4n) is 4.33. The molecule has 10 heteroatoms. The predicted molar refractivity (Wildman–Crippen MR) is 149 cm³/mol. The smallest absolute Gasteiger partial charge is 0.409 e. The number of carbonyl (C=O) groups excluding carboxylic acids is 2. The van der Waals surface area contributed by atoms with E-state index in [-0.39, 0.29) is 17.1 Å². The van der Waals surface area contributed by atoms with Crippen LogP contribution in [-0.2, 0) is 4.74 Å². The lowest BCUT2D eigenvalue weighted by molar-refractivity contribution is 0.0804. The first-order valence-corrected chi connectivity index (χ1v) is 13.0. The van der Waals surface area contributed by atoms with Crippen molar-refractivity contribution in [3.05, 3.63) is 83.1 Å². The van der Waals surface area contributed by atoms with Gasteiger partial charge in [0, 0.05) is 50.6 Å². The Morgan fingerprint density at radius 3 is 2.46 bits per heavy atom. The van der Waals surface area contributed by atoms with Crippen molar-refractivity contribution in [2.45, 2.75) is 6.92 Å². The molecule has 3 aromatic carbocycles. The number of hydrogen-bond acceptors (Lipinski definition) is 5. The number of piperazine rings is 1. The van der Waals surface area contributed by atoms with Crippen LogP contribution < -0.4 is 10.2 Å². The molecule has 0 spiro atoms. The molecule has 1 heterocycles. The first kappa shape index (κ1) is 27.9. The van der Waals surface area contributed by atoms with Crippen LogP contribution in [0.3, 0.4) is 0 Å². The van der Waals surface area contributed by atoms with Gasteiger partial charge in [0.25, 0.3) is 0 Å². The molecule has 0 atom stereocenters. The third kappa shape index (κ3) is 7.25. The fraction of sp³-hybridized carbons (Fsp3) is 0.276. The zero-order valence-electron chi connectivity index (χ0n) is 21.6. The molecule has 0 aromatic heterocycles. The molecular weight excluding hydrogens is 521 g/mol. The number of nitrogens with zero attached hydrogens (tertiary/aromatic N) is 4. The SMILES string of the molecule is CCOC(=O)N1CCN(CCN(C(=O)Nc2ccc(F)c(Cl)c2)c2ccc(-c3cccc(C#N)c3)cc2)CC1. The maximum Gasteiger partial charge on any atom is 0.409 e. The molecule has 0 aliphatic carbocycles. The fourth-order valence-corrected chi connectivity index (χ4v) is 4.51. The molecule has 1 saturated heterocycles. The Morgan fingerprint density at radius 2 is 1.79 bits per heavy atom. The molecule has 1 aliphatic heterocycles. The van der Waals surface area contributed by atoms with Crippen molar-refractivity contribution < 1.29 is 18.7 Å². The van der Waals surface area contributed by atoms with Crippen LogP contribution in [0.15, 0.2) is 66.7 Å². The van der Waals surface area contributed by atoms with Gasteiger partial charge in [-0.2, -0.15) is 5.26 Å². The lowest BCUT2D eigenvalue weighted by Gasteiger charge is -2.35. The highest BCUT2D eigenvalue weighted by molar-refractivity contribution is 6.31. The van der Waals surface area contributed by atoms with Gasteiger partial charge in [-0.1, -0.05) is 35.9 Å². The van der Waals surface area contributed by atoms with E-state index in [1.165, 1.54) is 18.2 Å². The normalized spacial score (nSPS) is 13.4. The number of nitriles is 1. The molecular formula is C29H29ClFN5O3. The van der Waals surface area contributed by atoms with Crippen molar-refractivity contribution in [2.24, 2.45) is 0 Å². The number of urea groups is 1. The molecule has 8 nitrogen and oxygen atoms in total. The Balaban J connectivity index is 1.49. The summed E-state index contributed by atoms with van der Waals surface area (Å²) < 4.78 is 18.7. The topological polar surface area (TPSA) is 88.9 Å². The second-order valence-electron chi connectivity index (χ2n) is 8.98. The molecule has 0 bridgehead atoms. The van der Waals surface area contributed by atoms with Gasteiger partial charge in [0.1, 0.15) is 5.82 Å². The minimum absolute atomic E-state index is 0.0808. The average Bonchev–Trinajstić information content (AvgIpc) is 2.96. The van der Waals surface area contributed by atoms with Crippen molar-refractivity contribution in [2.75, 3.05) is 56.1 Å². The minimum Gasteiger partial charge on any atom is -0.450 e. The summed E-state index contributed by atoms with van der Waals surface area (Å²) in [6.07, 6.45) is -0.309. The largest absolute Gasteiger partial charge is 0.450 e. The molecule has 1 N–H and O–H groups in total. The van der Waals surface area contributed by atoms with E-state index in [4.69, 9.17) is 16.3 Å². The van der Waals surface area contributed by atoms with E-state index in [0.29, 0.717) is 62.8 Å². The Bertz CT molecular complexity index is 1350. The van der Waals surface area contributed by atoms with Crippen LogP contribution in [0.2, 0.25) is 5.02 Å². The first-order chi connectivity index (χ1) is 18.9. The molecule has 0 saturated carbocycles. The van der Waals surface area contributed by atoms with E-state index in [0.717, 1.165) is 11.1 Å². The van der Waals surface area contributed by atoms with E-state index >= 15 is 0 Å². The molecule has 39 heavy (non-hydrogen) atoms. The van der Waals surface area contributed by atoms with E-state index in [1.807, 2.05) is 42.5 Å². The monoisotopic (exact) mass is 549 g/mol. The van der Waals surface area contributed by atoms with Crippen LogP contribution in [0.1, 0.15) is 12.5 Å². The van der Waals surface area contributed by atoms with Crippen molar-refractivity contribution in [1.29, 1.82) is 5.26 Å². The Kier molecular flexibility index (Phi) is 9.36. The number of carbonyl (C=O) groups is 2. The number of nitrogens with one attached hydrogen (secondary N) is 1. The number of rotatable bonds is 7. The third-order valence-electron chi connectivity index (χ3n) is 6.46. The summed E-state index contributed by atoms with van der Waals surface area (Å²) in [5, 5.41) is 11.9. The molecule has 3 amide bonds. The molecule has 1 aliphatic rings. The van der Waals surface area contributed by atoms with Crippen LogP contribution in [0.5, 0.6) is 0 Å². The number of anilines is 2. The van der Waals surface area contributed by atoms with Crippen LogP contribution in [0.25, 0.3) is 11.1 Å². The molecule has 3 aromatic rings. The van der Waals surface area contributed by atoms with E-state index in [2.05, 4.69) is 16.3 Å². The quantitative estimate of drug-likeness (QED) is 0.400. The lowest BCUT2D eigenvalue weighted by atomic mass is 10.0.